The van der Waals surface area contributed by atoms with Crippen LogP contribution >= 0.6 is 0 Å². The Morgan fingerprint density at radius 2 is 1.89 bits per heavy atom. The molecule has 0 saturated heterocycles. The number of rotatable bonds is 8. The van der Waals surface area contributed by atoms with Gasteiger partial charge in [-0.2, -0.15) is 5.10 Å². The van der Waals surface area contributed by atoms with E-state index in [9.17, 15) is 4.79 Å². The van der Waals surface area contributed by atoms with Gasteiger partial charge in [-0.25, -0.2) is 0 Å². The Labute approximate surface area is 158 Å². The molecule has 0 spiro atoms. The van der Waals surface area contributed by atoms with Gasteiger partial charge in [-0.3, -0.25) is 14.5 Å². The fourth-order valence-electron chi connectivity index (χ4n) is 2.66. The van der Waals surface area contributed by atoms with Crippen LogP contribution in [0.25, 0.3) is 0 Å². The second-order valence-corrected chi connectivity index (χ2v) is 6.31. The largest absolute Gasteiger partial charge is 0.487 e. The molecular formula is C21H23N3O3. The lowest BCUT2D eigenvalue weighted by Crippen LogP contribution is -2.11. The van der Waals surface area contributed by atoms with Crippen LogP contribution in [0.4, 0.5) is 0 Å². The number of benzene rings is 1. The first-order valence-corrected chi connectivity index (χ1v) is 8.88. The smallest absolute Gasteiger partial charge is 0.308 e. The molecule has 0 radical (unpaired) electrons. The highest BCUT2D eigenvalue weighted by Crippen LogP contribution is 2.14. The highest BCUT2D eigenvalue weighted by Gasteiger charge is 2.07. The average Bonchev–Trinajstić information content (AvgIpc) is 3.02. The summed E-state index contributed by atoms with van der Waals surface area (Å²) in [4.78, 5) is 16.2. The Bertz CT molecular complexity index is 873. The third-order valence-electron chi connectivity index (χ3n) is 4.07. The average molecular weight is 365 g/mol. The predicted molar refractivity (Wildman–Crippen MR) is 101 cm³/mol. The molecule has 2 aromatic heterocycles. The minimum absolute atomic E-state index is 0.238. The Balaban J connectivity index is 1.41. The maximum absolute atomic E-state index is 11.9. The van der Waals surface area contributed by atoms with Crippen molar-refractivity contribution >= 4 is 5.97 Å². The summed E-state index contributed by atoms with van der Waals surface area (Å²) in [6.07, 6.45) is 2.04. The van der Waals surface area contributed by atoms with Crippen LogP contribution in [-0.2, 0) is 29.3 Å². The molecule has 6 nitrogen and oxygen atoms in total. The van der Waals surface area contributed by atoms with Gasteiger partial charge in [0.25, 0.3) is 0 Å². The van der Waals surface area contributed by atoms with Gasteiger partial charge in [0.05, 0.1) is 24.4 Å². The molecule has 0 bridgehead atoms. The normalized spacial score (nSPS) is 10.6. The number of ether oxygens (including phenoxy) is 2. The summed E-state index contributed by atoms with van der Waals surface area (Å²) in [5.41, 5.74) is 3.78. The molecule has 140 valence electrons. The van der Waals surface area contributed by atoms with Crippen molar-refractivity contribution in [3.8, 4) is 5.75 Å². The summed E-state index contributed by atoms with van der Waals surface area (Å²) < 4.78 is 12.9. The van der Waals surface area contributed by atoms with Crippen molar-refractivity contribution in [3.63, 3.8) is 0 Å². The first-order valence-electron chi connectivity index (χ1n) is 8.88. The quantitative estimate of drug-likeness (QED) is 0.571. The number of hydrogen-bond donors (Lipinski definition) is 0. The van der Waals surface area contributed by atoms with E-state index in [-0.39, 0.29) is 12.6 Å². The van der Waals surface area contributed by atoms with E-state index in [4.69, 9.17) is 9.47 Å². The van der Waals surface area contributed by atoms with Gasteiger partial charge in [0, 0.05) is 11.9 Å². The van der Waals surface area contributed by atoms with Crippen molar-refractivity contribution in [2.75, 3.05) is 0 Å². The Morgan fingerprint density at radius 3 is 2.56 bits per heavy atom. The van der Waals surface area contributed by atoms with Gasteiger partial charge >= 0.3 is 5.97 Å². The van der Waals surface area contributed by atoms with Gasteiger partial charge in [-0.1, -0.05) is 18.2 Å². The Morgan fingerprint density at radius 1 is 1.07 bits per heavy atom. The molecule has 0 atom stereocenters. The summed E-state index contributed by atoms with van der Waals surface area (Å²) in [5, 5.41) is 4.34. The predicted octanol–water partition coefficient (Wildman–Crippen LogP) is 3.61. The molecule has 0 aliphatic heterocycles. The highest BCUT2D eigenvalue weighted by molar-refractivity contribution is 5.69. The van der Waals surface area contributed by atoms with Gasteiger partial charge < -0.3 is 9.47 Å². The van der Waals surface area contributed by atoms with Crippen LogP contribution < -0.4 is 4.74 Å². The van der Waals surface area contributed by atoms with Crippen molar-refractivity contribution in [1.29, 1.82) is 0 Å². The number of aryl methyl sites for hydroxylation is 3. The van der Waals surface area contributed by atoms with E-state index in [1.807, 2.05) is 67.1 Å². The van der Waals surface area contributed by atoms with Crippen LogP contribution in [0.1, 0.15) is 29.1 Å². The SMILES string of the molecule is Cc1cc(C)n(CCC(=O)OCc2ccc(OCc3ccccn3)cc2)n1. The first kappa shape index (κ1) is 18.6. The van der Waals surface area contributed by atoms with Gasteiger partial charge in [0.2, 0.25) is 0 Å². The molecule has 3 rings (SSSR count). The van der Waals surface area contributed by atoms with E-state index in [0.29, 0.717) is 19.6 Å². The topological polar surface area (TPSA) is 66.2 Å². The Hall–Kier alpha value is -3.15. The first-order chi connectivity index (χ1) is 13.1. The molecule has 0 N–H and O–H groups in total. The van der Waals surface area contributed by atoms with Gasteiger partial charge in [0.1, 0.15) is 19.0 Å². The summed E-state index contributed by atoms with van der Waals surface area (Å²) in [7, 11) is 0. The molecule has 0 aliphatic rings. The van der Waals surface area contributed by atoms with E-state index in [1.54, 1.807) is 6.20 Å². The van der Waals surface area contributed by atoms with Crippen LogP contribution in [0.15, 0.2) is 54.7 Å². The molecule has 6 heteroatoms. The molecule has 0 fully saturated rings. The van der Waals surface area contributed by atoms with E-state index in [0.717, 1.165) is 28.4 Å². The summed E-state index contributed by atoms with van der Waals surface area (Å²) in [5.74, 6) is 0.512. The van der Waals surface area contributed by atoms with Crippen LogP contribution in [0.3, 0.4) is 0 Å². The van der Waals surface area contributed by atoms with Crippen LogP contribution in [-0.4, -0.2) is 20.7 Å². The molecule has 1 aromatic carbocycles. The van der Waals surface area contributed by atoms with Gasteiger partial charge in [0.15, 0.2) is 0 Å². The fourth-order valence-corrected chi connectivity index (χ4v) is 2.66. The molecule has 0 saturated carbocycles. The number of aromatic nitrogens is 3. The summed E-state index contributed by atoms with van der Waals surface area (Å²) >= 11 is 0. The highest BCUT2D eigenvalue weighted by atomic mass is 16.5. The van der Waals surface area contributed by atoms with Crippen molar-refractivity contribution < 1.29 is 14.3 Å². The summed E-state index contributed by atoms with van der Waals surface area (Å²) in [6, 6.07) is 15.2. The van der Waals surface area contributed by atoms with E-state index in [1.165, 1.54) is 0 Å². The van der Waals surface area contributed by atoms with Gasteiger partial charge in [-0.05, 0) is 49.7 Å². The number of carbonyl (C=O) groups excluding carboxylic acids is 1. The van der Waals surface area contributed by atoms with E-state index < -0.39 is 0 Å². The van der Waals surface area contributed by atoms with Crippen molar-refractivity contribution in [1.82, 2.24) is 14.8 Å². The minimum Gasteiger partial charge on any atom is -0.487 e. The molecule has 2 heterocycles. The number of nitrogens with zero attached hydrogens (tertiary/aromatic N) is 3. The minimum atomic E-state index is -0.238. The standard InChI is InChI=1S/C21H23N3O3/c1-16-13-17(2)24(23-16)12-10-21(25)27-14-18-6-8-20(9-7-18)26-15-19-5-3-4-11-22-19/h3-9,11,13H,10,12,14-15H2,1-2H3. The Kier molecular flexibility index (Phi) is 6.20. The number of pyridine rings is 1. The van der Waals surface area contributed by atoms with Crippen LogP contribution in [0, 0.1) is 13.8 Å². The zero-order chi connectivity index (χ0) is 19.1. The molecule has 0 unspecified atom stereocenters. The van der Waals surface area contributed by atoms with E-state index >= 15 is 0 Å². The lowest BCUT2D eigenvalue weighted by atomic mass is 10.2. The summed E-state index contributed by atoms with van der Waals surface area (Å²) in [6.45, 7) is 5.10. The third kappa shape index (κ3) is 5.67. The van der Waals surface area contributed by atoms with E-state index in [2.05, 4.69) is 10.1 Å². The second-order valence-electron chi connectivity index (χ2n) is 6.31. The molecule has 0 amide bonds. The third-order valence-corrected chi connectivity index (χ3v) is 4.07. The maximum Gasteiger partial charge on any atom is 0.308 e. The molecule has 27 heavy (non-hydrogen) atoms. The maximum atomic E-state index is 11.9. The monoisotopic (exact) mass is 365 g/mol. The number of carbonyl (C=O) groups is 1. The molecular weight excluding hydrogens is 342 g/mol. The van der Waals surface area contributed by atoms with Crippen molar-refractivity contribution in [3.05, 3.63) is 77.4 Å². The van der Waals surface area contributed by atoms with Crippen LogP contribution in [0.2, 0.25) is 0 Å². The van der Waals surface area contributed by atoms with Gasteiger partial charge in [-0.15, -0.1) is 0 Å². The lowest BCUT2D eigenvalue weighted by Gasteiger charge is -2.08. The molecule has 0 aliphatic carbocycles. The number of hydrogen-bond acceptors (Lipinski definition) is 5. The zero-order valence-electron chi connectivity index (χ0n) is 15.6. The van der Waals surface area contributed by atoms with Crippen LogP contribution in [0.5, 0.6) is 5.75 Å². The van der Waals surface area contributed by atoms with Crippen molar-refractivity contribution in [2.45, 2.75) is 40.0 Å². The number of esters is 1. The lowest BCUT2D eigenvalue weighted by molar-refractivity contribution is -0.145. The zero-order valence-corrected chi connectivity index (χ0v) is 15.6. The van der Waals surface area contributed by atoms with Crippen molar-refractivity contribution in [2.24, 2.45) is 0 Å². The second kappa shape index (κ2) is 8.98. The fraction of sp³-hybridized carbons (Fsp3) is 0.286. The molecule has 3 aromatic rings.